The van der Waals surface area contributed by atoms with E-state index in [0.29, 0.717) is 30.9 Å². The SMILES string of the molecule is C=C1C[C@@H]2O[C@H]3[C@H]4[C@@H](C[C@@H](C)[C@@H](OC(=O)CCC)[C@H]42)[C@@H](C)CO[C@@]3(C)[C@H](OC(C)=O)CC1=O. The molecule has 1 saturated carbocycles. The average Bonchev–Trinajstić information content (AvgIpc) is 3.08. The van der Waals surface area contributed by atoms with Gasteiger partial charge in [0.05, 0.1) is 25.2 Å². The van der Waals surface area contributed by atoms with Crippen molar-refractivity contribution in [3.05, 3.63) is 12.2 Å². The van der Waals surface area contributed by atoms with Gasteiger partial charge in [0.15, 0.2) is 5.78 Å². The lowest BCUT2D eigenvalue weighted by molar-refractivity contribution is -0.201. The Morgan fingerprint density at radius 3 is 2.55 bits per heavy atom. The van der Waals surface area contributed by atoms with Gasteiger partial charge in [0.2, 0.25) is 0 Å². The molecule has 0 unspecified atom stereocenters. The highest BCUT2D eigenvalue weighted by Crippen LogP contribution is 2.57. The van der Waals surface area contributed by atoms with Crippen molar-refractivity contribution >= 4 is 17.7 Å². The Hall–Kier alpha value is -1.73. The highest BCUT2D eigenvalue weighted by Gasteiger charge is 2.65. The third-order valence-corrected chi connectivity index (χ3v) is 8.46. The van der Waals surface area contributed by atoms with Crippen LogP contribution in [0, 0.1) is 29.6 Å². The summed E-state index contributed by atoms with van der Waals surface area (Å²) in [5, 5.41) is 0. The maximum absolute atomic E-state index is 13.0. The molecule has 4 rings (SSSR count). The highest BCUT2D eigenvalue weighted by molar-refractivity contribution is 5.95. The number of hydrogen-bond donors (Lipinski definition) is 0. The van der Waals surface area contributed by atoms with Crippen LogP contribution in [0.15, 0.2) is 12.2 Å². The molecule has 0 N–H and O–H groups in total. The van der Waals surface area contributed by atoms with E-state index < -0.39 is 17.7 Å². The number of Topliss-reactive ketones (excluding diaryl/α,β-unsaturated/α-hetero) is 1. The molecule has 2 bridgehead atoms. The van der Waals surface area contributed by atoms with E-state index in [-0.39, 0.29) is 60.2 Å². The minimum Gasteiger partial charge on any atom is -0.462 e. The number of esters is 2. The summed E-state index contributed by atoms with van der Waals surface area (Å²) in [5.41, 5.74) is -0.521. The first-order valence-corrected chi connectivity index (χ1v) is 12.4. The Bertz CT molecular complexity index is 821. The quantitative estimate of drug-likeness (QED) is 0.466. The smallest absolute Gasteiger partial charge is 0.306 e. The predicted molar refractivity (Wildman–Crippen MR) is 120 cm³/mol. The van der Waals surface area contributed by atoms with Crippen molar-refractivity contribution in [2.45, 2.75) is 96.7 Å². The molecular weight excluding hydrogens is 424 g/mol. The first-order chi connectivity index (χ1) is 15.6. The van der Waals surface area contributed by atoms with Gasteiger partial charge in [-0.3, -0.25) is 14.4 Å². The molecule has 4 aliphatic rings. The van der Waals surface area contributed by atoms with Crippen LogP contribution < -0.4 is 0 Å². The van der Waals surface area contributed by atoms with E-state index in [4.69, 9.17) is 18.9 Å². The van der Waals surface area contributed by atoms with Crippen molar-refractivity contribution in [1.29, 1.82) is 0 Å². The molecule has 0 amide bonds. The van der Waals surface area contributed by atoms with Gasteiger partial charge in [-0.25, -0.2) is 0 Å². The molecule has 0 aromatic carbocycles. The second-order valence-electron chi connectivity index (χ2n) is 10.8. The van der Waals surface area contributed by atoms with E-state index in [1.54, 1.807) is 0 Å². The fraction of sp³-hybridized carbons (Fsp3) is 0.808. The fourth-order valence-electron chi connectivity index (χ4n) is 6.81. The van der Waals surface area contributed by atoms with Crippen LogP contribution in [0.25, 0.3) is 0 Å². The van der Waals surface area contributed by atoms with Gasteiger partial charge in [-0.05, 0) is 43.1 Å². The number of ketones is 1. The Morgan fingerprint density at radius 1 is 1.15 bits per heavy atom. The Labute approximate surface area is 196 Å². The van der Waals surface area contributed by atoms with Gasteiger partial charge in [-0.1, -0.05) is 27.4 Å². The Balaban J connectivity index is 1.80. The van der Waals surface area contributed by atoms with Crippen LogP contribution in [0.1, 0.15) is 66.7 Å². The van der Waals surface area contributed by atoms with Crippen molar-refractivity contribution in [3.8, 4) is 0 Å². The summed E-state index contributed by atoms with van der Waals surface area (Å²) < 4.78 is 25.0. The summed E-state index contributed by atoms with van der Waals surface area (Å²) in [6, 6.07) is 0. The van der Waals surface area contributed by atoms with Crippen molar-refractivity contribution in [2.24, 2.45) is 29.6 Å². The Morgan fingerprint density at radius 2 is 1.88 bits per heavy atom. The molecule has 0 aromatic rings. The van der Waals surface area contributed by atoms with Gasteiger partial charge in [-0.2, -0.15) is 0 Å². The van der Waals surface area contributed by atoms with Crippen LogP contribution >= 0.6 is 0 Å². The zero-order valence-electron chi connectivity index (χ0n) is 20.5. The van der Waals surface area contributed by atoms with Gasteiger partial charge in [-0.15, -0.1) is 0 Å². The molecule has 7 heteroatoms. The number of ether oxygens (including phenoxy) is 4. The zero-order chi connectivity index (χ0) is 24.1. The average molecular weight is 463 g/mol. The lowest BCUT2D eigenvalue weighted by Gasteiger charge is -2.47. The summed E-state index contributed by atoms with van der Waals surface area (Å²) >= 11 is 0. The summed E-state index contributed by atoms with van der Waals surface area (Å²) in [5.74, 6) is -0.0100. The molecule has 184 valence electrons. The van der Waals surface area contributed by atoms with Crippen LogP contribution in [-0.2, 0) is 33.3 Å². The van der Waals surface area contributed by atoms with Crippen molar-refractivity contribution < 1.29 is 33.3 Å². The molecule has 1 aliphatic carbocycles. The molecule has 0 radical (unpaired) electrons. The Kier molecular flexibility index (Phi) is 6.76. The molecule has 0 aromatic heterocycles. The monoisotopic (exact) mass is 462 g/mol. The van der Waals surface area contributed by atoms with E-state index in [2.05, 4.69) is 20.4 Å². The molecule has 7 nitrogen and oxygen atoms in total. The van der Waals surface area contributed by atoms with Gasteiger partial charge < -0.3 is 18.9 Å². The lowest BCUT2D eigenvalue weighted by atomic mass is 9.59. The maximum Gasteiger partial charge on any atom is 0.306 e. The first-order valence-electron chi connectivity index (χ1n) is 12.4. The first kappa shape index (κ1) is 24.4. The number of carbonyl (C=O) groups is 3. The standard InChI is InChI=1S/C26H38O7/c1-7-8-21(29)33-24-14(3)9-17-15(4)12-30-26(6)20(31-16(5)27)11-18(28)13(2)10-19-23(24)22(17)25(26)32-19/h14-15,17,19-20,22-25H,2,7-12H2,1,3-6H3/t14-,15+,17+,19+,20-,22+,23+,24-,25+,26+/m1/s1. The van der Waals surface area contributed by atoms with Gasteiger partial charge in [0, 0.05) is 31.6 Å². The largest absolute Gasteiger partial charge is 0.462 e. The molecule has 10 atom stereocenters. The van der Waals surface area contributed by atoms with Crippen LogP contribution in [0.4, 0.5) is 0 Å². The molecular formula is C26H38O7. The van der Waals surface area contributed by atoms with E-state index in [9.17, 15) is 14.4 Å². The number of rotatable bonds is 4. The van der Waals surface area contributed by atoms with Gasteiger partial charge in [0.25, 0.3) is 0 Å². The highest BCUT2D eigenvalue weighted by atomic mass is 16.6. The van der Waals surface area contributed by atoms with Crippen molar-refractivity contribution in [1.82, 2.24) is 0 Å². The van der Waals surface area contributed by atoms with Crippen LogP contribution in [0.2, 0.25) is 0 Å². The molecule has 3 aliphatic heterocycles. The zero-order valence-corrected chi connectivity index (χ0v) is 20.5. The van der Waals surface area contributed by atoms with Gasteiger partial charge in [0.1, 0.15) is 17.8 Å². The minimum absolute atomic E-state index is 0.0310. The summed E-state index contributed by atoms with van der Waals surface area (Å²) in [6.45, 7) is 14.1. The van der Waals surface area contributed by atoms with Crippen LogP contribution in [-0.4, -0.2) is 54.3 Å². The molecule has 3 heterocycles. The second kappa shape index (κ2) is 9.14. The summed E-state index contributed by atoms with van der Waals surface area (Å²) in [4.78, 5) is 37.6. The number of hydrogen-bond acceptors (Lipinski definition) is 7. The van der Waals surface area contributed by atoms with Crippen LogP contribution in [0.3, 0.4) is 0 Å². The number of carbonyl (C=O) groups excluding carboxylic acids is 3. The molecule has 0 spiro atoms. The fourth-order valence-corrected chi connectivity index (χ4v) is 6.81. The second-order valence-corrected chi connectivity index (χ2v) is 10.8. The maximum atomic E-state index is 13.0. The minimum atomic E-state index is -0.981. The molecule has 4 fully saturated rings. The topological polar surface area (TPSA) is 88.1 Å². The molecule has 3 saturated heterocycles. The van der Waals surface area contributed by atoms with E-state index >= 15 is 0 Å². The van der Waals surface area contributed by atoms with Crippen LogP contribution in [0.5, 0.6) is 0 Å². The molecule has 33 heavy (non-hydrogen) atoms. The van der Waals surface area contributed by atoms with Crippen molar-refractivity contribution in [2.75, 3.05) is 6.61 Å². The third kappa shape index (κ3) is 4.27. The normalized spacial score (nSPS) is 44.8. The van der Waals surface area contributed by atoms with E-state index in [1.807, 2.05) is 13.8 Å². The lowest BCUT2D eigenvalue weighted by Crippen LogP contribution is -2.57. The predicted octanol–water partition coefficient (Wildman–Crippen LogP) is 3.63. The van der Waals surface area contributed by atoms with Gasteiger partial charge >= 0.3 is 11.9 Å². The summed E-state index contributed by atoms with van der Waals surface area (Å²) in [6.07, 6.45) is 0.718. The van der Waals surface area contributed by atoms with E-state index in [0.717, 1.165) is 12.8 Å². The third-order valence-electron chi connectivity index (χ3n) is 8.46. The van der Waals surface area contributed by atoms with Crippen molar-refractivity contribution in [3.63, 3.8) is 0 Å². The summed E-state index contributed by atoms with van der Waals surface area (Å²) in [7, 11) is 0. The van der Waals surface area contributed by atoms with E-state index in [1.165, 1.54) is 6.92 Å². The number of fused-ring (bicyclic) bond motifs is 2.